The van der Waals surface area contributed by atoms with E-state index in [4.69, 9.17) is 0 Å². The van der Waals surface area contributed by atoms with Gasteiger partial charge in [0.25, 0.3) is 0 Å². The predicted octanol–water partition coefficient (Wildman–Crippen LogP) is 1.00. The number of hydrogen-bond donors (Lipinski definition) is 1. The molecule has 21 heavy (non-hydrogen) atoms. The van der Waals surface area contributed by atoms with Gasteiger partial charge in [0, 0.05) is 37.9 Å². The Hall–Kier alpha value is -2.04. The third kappa shape index (κ3) is 3.74. The molecule has 1 saturated carbocycles. The van der Waals surface area contributed by atoms with E-state index in [9.17, 15) is 9.59 Å². The van der Waals surface area contributed by atoms with E-state index >= 15 is 0 Å². The zero-order valence-corrected chi connectivity index (χ0v) is 12.1. The highest BCUT2D eigenvalue weighted by atomic mass is 16.2. The number of piperazine rings is 1. The molecule has 0 atom stereocenters. The van der Waals surface area contributed by atoms with Crippen molar-refractivity contribution in [3.8, 4) is 0 Å². The molecule has 3 rings (SSSR count). The van der Waals surface area contributed by atoms with Crippen molar-refractivity contribution in [2.75, 3.05) is 31.1 Å². The lowest BCUT2D eigenvalue weighted by atomic mass is 10.2. The molecule has 1 aliphatic heterocycles. The van der Waals surface area contributed by atoms with Gasteiger partial charge in [-0.05, 0) is 25.0 Å². The van der Waals surface area contributed by atoms with E-state index in [0.29, 0.717) is 19.1 Å². The standard InChI is InChI=1S/C16H21N3O2/c20-15(17-13-6-7-13)12-16(21)19-10-8-18(9-11-19)14-4-2-1-3-5-14/h1-5,13H,6-12H2,(H,17,20). The van der Waals surface area contributed by atoms with E-state index in [-0.39, 0.29) is 18.2 Å². The first-order valence-electron chi connectivity index (χ1n) is 7.59. The topological polar surface area (TPSA) is 52.7 Å². The number of hydrogen-bond acceptors (Lipinski definition) is 3. The quantitative estimate of drug-likeness (QED) is 0.841. The Labute approximate surface area is 124 Å². The summed E-state index contributed by atoms with van der Waals surface area (Å²) >= 11 is 0. The van der Waals surface area contributed by atoms with Crippen LogP contribution >= 0.6 is 0 Å². The van der Waals surface area contributed by atoms with Crippen LogP contribution in [0.3, 0.4) is 0 Å². The average molecular weight is 287 g/mol. The monoisotopic (exact) mass is 287 g/mol. The summed E-state index contributed by atoms with van der Waals surface area (Å²) in [5.74, 6) is -0.186. The second-order valence-electron chi connectivity index (χ2n) is 5.72. The molecule has 1 aliphatic carbocycles. The molecule has 2 amide bonds. The van der Waals surface area contributed by atoms with E-state index in [1.165, 1.54) is 5.69 Å². The Kier molecular flexibility index (Phi) is 4.08. The fraction of sp³-hybridized carbons (Fsp3) is 0.500. The summed E-state index contributed by atoms with van der Waals surface area (Å²) < 4.78 is 0. The predicted molar refractivity (Wildman–Crippen MR) is 81.0 cm³/mol. The number of benzene rings is 1. The Balaban J connectivity index is 1.46. The summed E-state index contributed by atoms with van der Waals surface area (Å²) in [7, 11) is 0. The molecule has 0 aromatic heterocycles. The minimum absolute atomic E-state index is 0.0121. The normalized spacial score (nSPS) is 18.5. The lowest BCUT2D eigenvalue weighted by molar-refractivity contribution is -0.136. The van der Waals surface area contributed by atoms with E-state index in [1.54, 1.807) is 4.90 Å². The van der Waals surface area contributed by atoms with Gasteiger partial charge < -0.3 is 15.1 Å². The summed E-state index contributed by atoms with van der Waals surface area (Å²) in [6, 6.07) is 10.5. The Bertz CT molecular complexity index is 506. The number of carbonyl (C=O) groups is 2. The first-order chi connectivity index (χ1) is 10.2. The van der Waals surface area contributed by atoms with Gasteiger partial charge in [0.15, 0.2) is 0 Å². The van der Waals surface area contributed by atoms with Gasteiger partial charge in [-0.15, -0.1) is 0 Å². The van der Waals surface area contributed by atoms with Crippen LogP contribution < -0.4 is 10.2 Å². The first kappa shape index (κ1) is 13.9. The zero-order chi connectivity index (χ0) is 14.7. The fourth-order valence-electron chi connectivity index (χ4n) is 2.61. The minimum atomic E-state index is -0.131. The van der Waals surface area contributed by atoms with Crippen molar-refractivity contribution >= 4 is 17.5 Å². The minimum Gasteiger partial charge on any atom is -0.368 e. The third-order valence-electron chi connectivity index (χ3n) is 4.01. The molecule has 0 radical (unpaired) electrons. The van der Waals surface area contributed by atoms with E-state index in [2.05, 4.69) is 22.3 Å². The smallest absolute Gasteiger partial charge is 0.232 e. The number of carbonyl (C=O) groups excluding carboxylic acids is 2. The molecule has 2 fully saturated rings. The van der Waals surface area contributed by atoms with Crippen LogP contribution in [0.1, 0.15) is 19.3 Å². The zero-order valence-electron chi connectivity index (χ0n) is 12.1. The summed E-state index contributed by atoms with van der Waals surface area (Å²) in [6.07, 6.45) is 2.09. The molecule has 1 saturated heterocycles. The van der Waals surface area contributed by atoms with Crippen LogP contribution in [0.5, 0.6) is 0 Å². The lowest BCUT2D eigenvalue weighted by Crippen LogP contribution is -2.49. The molecular weight excluding hydrogens is 266 g/mol. The average Bonchev–Trinajstić information content (AvgIpc) is 3.32. The van der Waals surface area contributed by atoms with Crippen LogP contribution in [0.15, 0.2) is 30.3 Å². The Morgan fingerprint density at radius 2 is 1.71 bits per heavy atom. The van der Waals surface area contributed by atoms with Crippen molar-refractivity contribution < 1.29 is 9.59 Å². The van der Waals surface area contributed by atoms with Gasteiger partial charge in [0.05, 0.1) is 0 Å². The molecular formula is C16H21N3O2. The van der Waals surface area contributed by atoms with E-state index in [1.807, 2.05) is 18.2 Å². The molecule has 0 spiro atoms. The van der Waals surface area contributed by atoms with Crippen molar-refractivity contribution in [3.05, 3.63) is 30.3 Å². The van der Waals surface area contributed by atoms with Gasteiger partial charge in [-0.25, -0.2) is 0 Å². The van der Waals surface area contributed by atoms with Gasteiger partial charge in [-0.2, -0.15) is 0 Å². The van der Waals surface area contributed by atoms with Gasteiger partial charge in [0.2, 0.25) is 11.8 Å². The SMILES string of the molecule is O=C(CC(=O)N1CCN(c2ccccc2)CC1)NC1CC1. The Morgan fingerprint density at radius 3 is 2.33 bits per heavy atom. The number of rotatable bonds is 4. The molecule has 1 N–H and O–H groups in total. The van der Waals surface area contributed by atoms with Crippen LogP contribution in [-0.4, -0.2) is 48.9 Å². The number of nitrogens with zero attached hydrogens (tertiary/aromatic N) is 2. The van der Waals surface area contributed by atoms with Crippen molar-refractivity contribution in [1.82, 2.24) is 10.2 Å². The largest absolute Gasteiger partial charge is 0.368 e. The highest BCUT2D eigenvalue weighted by molar-refractivity contribution is 5.97. The van der Waals surface area contributed by atoms with Crippen molar-refractivity contribution in [2.24, 2.45) is 0 Å². The molecule has 2 aliphatic rings. The summed E-state index contributed by atoms with van der Waals surface area (Å²) in [6.45, 7) is 3.01. The van der Waals surface area contributed by atoms with Gasteiger partial charge in [-0.1, -0.05) is 18.2 Å². The van der Waals surface area contributed by atoms with Crippen LogP contribution in [0.25, 0.3) is 0 Å². The van der Waals surface area contributed by atoms with Crippen LogP contribution in [-0.2, 0) is 9.59 Å². The van der Waals surface area contributed by atoms with E-state index in [0.717, 1.165) is 25.9 Å². The van der Waals surface area contributed by atoms with Crippen molar-refractivity contribution in [3.63, 3.8) is 0 Å². The lowest BCUT2D eigenvalue weighted by Gasteiger charge is -2.36. The van der Waals surface area contributed by atoms with Gasteiger partial charge >= 0.3 is 0 Å². The molecule has 5 nitrogen and oxygen atoms in total. The molecule has 0 unspecified atom stereocenters. The fourth-order valence-corrected chi connectivity index (χ4v) is 2.61. The maximum absolute atomic E-state index is 12.1. The molecule has 1 heterocycles. The maximum Gasteiger partial charge on any atom is 0.232 e. The molecule has 5 heteroatoms. The third-order valence-corrected chi connectivity index (χ3v) is 4.01. The van der Waals surface area contributed by atoms with Crippen molar-refractivity contribution in [2.45, 2.75) is 25.3 Å². The summed E-state index contributed by atoms with van der Waals surface area (Å²) in [5.41, 5.74) is 1.19. The van der Waals surface area contributed by atoms with Crippen molar-refractivity contribution in [1.29, 1.82) is 0 Å². The van der Waals surface area contributed by atoms with E-state index < -0.39 is 0 Å². The number of para-hydroxylation sites is 1. The van der Waals surface area contributed by atoms with Gasteiger partial charge in [-0.3, -0.25) is 9.59 Å². The second kappa shape index (κ2) is 6.16. The highest BCUT2D eigenvalue weighted by Crippen LogP contribution is 2.19. The number of anilines is 1. The Morgan fingerprint density at radius 1 is 1.05 bits per heavy atom. The first-order valence-corrected chi connectivity index (χ1v) is 7.59. The summed E-state index contributed by atoms with van der Waals surface area (Å²) in [5, 5.41) is 2.86. The highest BCUT2D eigenvalue weighted by Gasteiger charge is 2.26. The van der Waals surface area contributed by atoms with Gasteiger partial charge in [0.1, 0.15) is 6.42 Å². The van der Waals surface area contributed by atoms with Crippen LogP contribution in [0.4, 0.5) is 5.69 Å². The maximum atomic E-state index is 12.1. The number of nitrogens with one attached hydrogen (secondary N) is 1. The van der Waals surface area contributed by atoms with Crippen LogP contribution in [0, 0.1) is 0 Å². The molecule has 112 valence electrons. The number of amides is 2. The summed E-state index contributed by atoms with van der Waals surface area (Å²) in [4.78, 5) is 27.8. The van der Waals surface area contributed by atoms with Crippen LogP contribution in [0.2, 0.25) is 0 Å². The molecule has 1 aromatic rings. The molecule has 1 aromatic carbocycles. The second-order valence-corrected chi connectivity index (χ2v) is 5.72. The molecule has 0 bridgehead atoms.